The molecule has 1 aromatic carbocycles. The lowest BCUT2D eigenvalue weighted by molar-refractivity contribution is 0.632. The third kappa shape index (κ3) is 2.82. The van der Waals surface area contributed by atoms with Gasteiger partial charge in [0.25, 0.3) is 0 Å². The minimum Gasteiger partial charge on any atom is -0.306 e. The molecule has 0 bridgehead atoms. The zero-order valence-corrected chi connectivity index (χ0v) is 14.2. The van der Waals surface area contributed by atoms with Crippen LogP contribution in [0.1, 0.15) is 50.5 Å². The molecule has 0 aliphatic heterocycles. The fourth-order valence-corrected chi connectivity index (χ4v) is 3.80. The van der Waals surface area contributed by atoms with E-state index in [2.05, 4.69) is 65.1 Å². The highest BCUT2D eigenvalue weighted by Gasteiger charge is 2.20. The van der Waals surface area contributed by atoms with Crippen LogP contribution >= 0.6 is 11.3 Å². The van der Waals surface area contributed by atoms with Crippen molar-refractivity contribution in [2.75, 3.05) is 6.54 Å². The van der Waals surface area contributed by atoms with Crippen LogP contribution in [0.2, 0.25) is 0 Å². The average Bonchev–Trinajstić information content (AvgIpc) is 2.82. The van der Waals surface area contributed by atoms with Gasteiger partial charge in [0.2, 0.25) is 0 Å². The molecule has 0 saturated carbocycles. The van der Waals surface area contributed by atoms with Gasteiger partial charge in [0.05, 0.1) is 6.04 Å². The Morgan fingerprint density at radius 2 is 1.60 bits per heavy atom. The zero-order valence-electron chi connectivity index (χ0n) is 13.4. The van der Waals surface area contributed by atoms with Gasteiger partial charge in [-0.3, -0.25) is 0 Å². The summed E-state index contributed by atoms with van der Waals surface area (Å²) in [7, 11) is 0. The van der Waals surface area contributed by atoms with Crippen molar-refractivity contribution in [2.24, 2.45) is 0 Å². The topological polar surface area (TPSA) is 12.0 Å². The Hall–Kier alpha value is -1.12. The van der Waals surface area contributed by atoms with Crippen LogP contribution in [0.15, 0.2) is 18.2 Å². The molecule has 1 unspecified atom stereocenters. The van der Waals surface area contributed by atoms with Crippen molar-refractivity contribution in [3.63, 3.8) is 0 Å². The number of rotatable bonds is 4. The molecule has 0 amide bonds. The van der Waals surface area contributed by atoms with E-state index in [1.165, 1.54) is 37.6 Å². The van der Waals surface area contributed by atoms with Crippen molar-refractivity contribution >= 4 is 11.3 Å². The Balaban J connectivity index is 2.60. The zero-order chi connectivity index (χ0) is 14.9. The quantitative estimate of drug-likeness (QED) is 0.835. The predicted molar refractivity (Wildman–Crippen MR) is 90.0 cm³/mol. The number of thiophene rings is 1. The van der Waals surface area contributed by atoms with E-state index >= 15 is 0 Å². The average molecular weight is 287 g/mol. The van der Waals surface area contributed by atoms with Crippen molar-refractivity contribution in [1.29, 1.82) is 0 Å². The Morgan fingerprint density at radius 3 is 2.05 bits per heavy atom. The normalized spacial score (nSPS) is 12.7. The summed E-state index contributed by atoms with van der Waals surface area (Å²) in [5.41, 5.74) is 7.08. The van der Waals surface area contributed by atoms with Crippen LogP contribution in [-0.4, -0.2) is 6.54 Å². The first kappa shape index (κ1) is 15.3. The molecule has 0 fully saturated rings. The van der Waals surface area contributed by atoms with E-state index in [0.29, 0.717) is 6.04 Å². The molecule has 1 aromatic heterocycles. The van der Waals surface area contributed by atoms with Crippen LogP contribution in [0, 0.1) is 34.6 Å². The van der Waals surface area contributed by atoms with Crippen molar-refractivity contribution < 1.29 is 0 Å². The second-order valence-corrected chi connectivity index (χ2v) is 6.93. The molecular weight excluding hydrogens is 262 g/mol. The highest BCUT2D eigenvalue weighted by atomic mass is 32.1. The number of aryl methyl sites for hydroxylation is 3. The molecule has 0 saturated heterocycles. The van der Waals surface area contributed by atoms with E-state index in [9.17, 15) is 0 Å². The molecule has 0 aliphatic carbocycles. The summed E-state index contributed by atoms with van der Waals surface area (Å²) in [5.74, 6) is 0. The minimum absolute atomic E-state index is 0.317. The number of benzene rings is 1. The Morgan fingerprint density at radius 1 is 1.00 bits per heavy atom. The third-order valence-corrected chi connectivity index (χ3v) is 5.23. The van der Waals surface area contributed by atoms with E-state index < -0.39 is 0 Å². The summed E-state index contributed by atoms with van der Waals surface area (Å²) < 4.78 is 0. The van der Waals surface area contributed by atoms with E-state index in [1.54, 1.807) is 0 Å². The van der Waals surface area contributed by atoms with Gasteiger partial charge in [-0.25, -0.2) is 0 Å². The second kappa shape index (κ2) is 6.11. The Bertz CT molecular complexity index is 584. The van der Waals surface area contributed by atoms with Gasteiger partial charge >= 0.3 is 0 Å². The maximum absolute atomic E-state index is 3.68. The molecule has 2 aromatic rings. The molecule has 1 heterocycles. The van der Waals surface area contributed by atoms with Gasteiger partial charge in [-0.1, -0.05) is 13.0 Å². The summed E-state index contributed by atoms with van der Waals surface area (Å²) in [6, 6.07) is 7.11. The highest BCUT2D eigenvalue weighted by Crippen LogP contribution is 2.34. The maximum atomic E-state index is 3.68. The van der Waals surface area contributed by atoms with E-state index in [4.69, 9.17) is 0 Å². The number of hydrogen-bond donors (Lipinski definition) is 1. The summed E-state index contributed by atoms with van der Waals surface area (Å²) >= 11 is 1.90. The molecule has 0 aliphatic rings. The molecule has 1 atom stereocenters. The summed E-state index contributed by atoms with van der Waals surface area (Å²) in [6.07, 6.45) is 0. The van der Waals surface area contributed by atoms with Gasteiger partial charge in [-0.05, 0) is 81.1 Å². The first-order chi connectivity index (χ1) is 9.45. The molecule has 108 valence electrons. The molecular formula is C18H25NS. The van der Waals surface area contributed by atoms with E-state index in [1.807, 2.05) is 11.3 Å². The van der Waals surface area contributed by atoms with Crippen LogP contribution in [-0.2, 0) is 0 Å². The van der Waals surface area contributed by atoms with E-state index in [0.717, 1.165) is 6.54 Å². The van der Waals surface area contributed by atoms with Gasteiger partial charge in [-0.2, -0.15) is 0 Å². The van der Waals surface area contributed by atoms with Gasteiger partial charge in [0, 0.05) is 9.75 Å². The lowest BCUT2D eigenvalue weighted by Crippen LogP contribution is -2.23. The van der Waals surface area contributed by atoms with Gasteiger partial charge in [0.15, 0.2) is 0 Å². The molecule has 1 nitrogen and oxygen atoms in total. The lowest BCUT2D eigenvalue weighted by atomic mass is 9.89. The van der Waals surface area contributed by atoms with Crippen molar-refractivity contribution in [1.82, 2.24) is 5.32 Å². The van der Waals surface area contributed by atoms with Crippen molar-refractivity contribution in [3.8, 4) is 0 Å². The largest absolute Gasteiger partial charge is 0.306 e. The smallest absolute Gasteiger partial charge is 0.0676 e. The third-order valence-electron chi connectivity index (χ3n) is 4.17. The van der Waals surface area contributed by atoms with Crippen LogP contribution in [0.4, 0.5) is 0 Å². The summed E-state index contributed by atoms with van der Waals surface area (Å²) in [6.45, 7) is 14.3. The number of hydrogen-bond acceptors (Lipinski definition) is 2. The van der Waals surface area contributed by atoms with Crippen LogP contribution in [0.3, 0.4) is 0 Å². The molecule has 2 rings (SSSR count). The minimum atomic E-state index is 0.317. The Kier molecular flexibility index (Phi) is 4.66. The van der Waals surface area contributed by atoms with E-state index in [-0.39, 0.29) is 0 Å². The van der Waals surface area contributed by atoms with Crippen LogP contribution < -0.4 is 5.32 Å². The second-order valence-electron chi connectivity index (χ2n) is 5.61. The van der Waals surface area contributed by atoms with Gasteiger partial charge in [-0.15, -0.1) is 11.3 Å². The van der Waals surface area contributed by atoms with Gasteiger partial charge < -0.3 is 5.32 Å². The maximum Gasteiger partial charge on any atom is 0.0676 e. The predicted octanol–water partition coefficient (Wildman–Crippen LogP) is 4.99. The highest BCUT2D eigenvalue weighted by molar-refractivity contribution is 7.12. The molecule has 20 heavy (non-hydrogen) atoms. The van der Waals surface area contributed by atoms with Gasteiger partial charge in [0.1, 0.15) is 0 Å². The summed E-state index contributed by atoms with van der Waals surface area (Å²) in [5, 5.41) is 3.68. The first-order valence-corrected chi connectivity index (χ1v) is 8.14. The Labute approximate surface area is 127 Å². The monoisotopic (exact) mass is 287 g/mol. The van der Waals surface area contributed by atoms with Crippen molar-refractivity contribution in [2.45, 2.75) is 47.6 Å². The molecule has 1 N–H and O–H groups in total. The lowest BCUT2D eigenvalue weighted by Gasteiger charge is -2.24. The standard InChI is InChI=1S/C18H25NS/c1-7-19-18(16-9-8-13(4)20-16)17-14(5)11(2)10-12(3)15(17)6/h8-10,18-19H,7H2,1-6H3. The van der Waals surface area contributed by atoms with Crippen LogP contribution in [0.5, 0.6) is 0 Å². The van der Waals surface area contributed by atoms with Crippen molar-refractivity contribution in [3.05, 3.63) is 55.8 Å². The fourth-order valence-electron chi connectivity index (χ4n) is 2.84. The molecule has 0 spiro atoms. The fraction of sp³-hybridized carbons (Fsp3) is 0.444. The summed E-state index contributed by atoms with van der Waals surface area (Å²) in [4.78, 5) is 2.79. The molecule has 0 radical (unpaired) electrons. The number of nitrogens with one attached hydrogen (secondary N) is 1. The SMILES string of the molecule is CCNC(c1ccc(C)s1)c1c(C)c(C)cc(C)c1C. The first-order valence-electron chi connectivity index (χ1n) is 7.32. The molecule has 2 heteroatoms. The van der Waals surface area contributed by atoms with Crippen LogP contribution in [0.25, 0.3) is 0 Å².